The fraction of sp³-hybridized carbons (Fsp3) is 0.600. The summed E-state index contributed by atoms with van der Waals surface area (Å²) in [7, 11) is 0. The van der Waals surface area contributed by atoms with E-state index in [0.29, 0.717) is 5.88 Å². The van der Waals surface area contributed by atoms with E-state index in [2.05, 4.69) is 29.2 Å². The summed E-state index contributed by atoms with van der Waals surface area (Å²) in [6.07, 6.45) is 0. The molecule has 0 fully saturated rings. The van der Waals surface area contributed by atoms with Crippen LogP contribution < -0.4 is 4.90 Å². The summed E-state index contributed by atoms with van der Waals surface area (Å²) in [4.78, 5) is 2.28. The Kier molecular flexibility index (Phi) is 8.63. The van der Waals surface area contributed by atoms with Gasteiger partial charge >= 0.3 is 0 Å². The van der Waals surface area contributed by atoms with Gasteiger partial charge in [-0.15, -0.1) is 11.6 Å². The van der Waals surface area contributed by atoms with Crippen LogP contribution in [0.25, 0.3) is 0 Å². The number of hydrogen-bond acceptors (Lipinski definition) is 3. The molecule has 0 saturated heterocycles. The van der Waals surface area contributed by atoms with Crippen molar-refractivity contribution in [2.45, 2.75) is 19.7 Å². The van der Waals surface area contributed by atoms with Crippen LogP contribution in [-0.2, 0) is 15.4 Å². The van der Waals surface area contributed by atoms with Gasteiger partial charge in [0.1, 0.15) is 0 Å². The summed E-state index contributed by atoms with van der Waals surface area (Å²) in [6.45, 7) is 8.76. The topological polar surface area (TPSA) is 21.7 Å². The van der Waals surface area contributed by atoms with Gasteiger partial charge in [0.05, 0.1) is 13.2 Å². The Balaban J connectivity index is 2.58. The van der Waals surface area contributed by atoms with Gasteiger partial charge in [-0.3, -0.25) is 0 Å². The van der Waals surface area contributed by atoms with Crippen LogP contribution in [0, 0.1) is 0 Å². The Bertz CT molecular complexity index is 319. The summed E-state index contributed by atoms with van der Waals surface area (Å²) >= 11 is 5.81. The third kappa shape index (κ3) is 6.28. The lowest BCUT2D eigenvalue weighted by Crippen LogP contribution is -2.31. The van der Waals surface area contributed by atoms with E-state index in [1.807, 2.05) is 13.8 Å². The number of rotatable bonds is 10. The van der Waals surface area contributed by atoms with E-state index in [0.717, 1.165) is 45.1 Å². The number of anilines is 1. The Morgan fingerprint density at radius 1 is 0.947 bits per heavy atom. The maximum absolute atomic E-state index is 5.81. The minimum Gasteiger partial charge on any atom is -0.380 e. The third-order valence-electron chi connectivity index (χ3n) is 2.88. The Hall–Kier alpha value is -0.770. The van der Waals surface area contributed by atoms with Crippen molar-refractivity contribution in [2.75, 3.05) is 44.4 Å². The number of ether oxygens (including phenoxy) is 2. The van der Waals surface area contributed by atoms with Gasteiger partial charge in [-0.1, -0.05) is 12.1 Å². The fourth-order valence-electron chi connectivity index (χ4n) is 1.80. The van der Waals surface area contributed by atoms with Crippen molar-refractivity contribution in [3.63, 3.8) is 0 Å². The average Bonchev–Trinajstić information content (AvgIpc) is 2.46. The molecule has 0 aliphatic carbocycles. The maximum atomic E-state index is 5.81. The molecule has 0 N–H and O–H groups in total. The lowest BCUT2D eigenvalue weighted by molar-refractivity contribution is 0.141. The summed E-state index contributed by atoms with van der Waals surface area (Å²) in [5, 5.41) is 0. The molecule has 0 unspecified atom stereocenters. The van der Waals surface area contributed by atoms with E-state index in [1.165, 1.54) is 5.69 Å². The van der Waals surface area contributed by atoms with Gasteiger partial charge in [-0.2, -0.15) is 0 Å². The van der Waals surface area contributed by atoms with Crippen LogP contribution in [0.5, 0.6) is 0 Å². The van der Waals surface area contributed by atoms with Crippen molar-refractivity contribution in [2.24, 2.45) is 0 Å². The highest BCUT2D eigenvalue weighted by Gasteiger charge is 2.06. The lowest BCUT2D eigenvalue weighted by atomic mass is 10.2. The lowest BCUT2D eigenvalue weighted by Gasteiger charge is -2.24. The van der Waals surface area contributed by atoms with Crippen LogP contribution in [0.4, 0.5) is 5.69 Å². The Morgan fingerprint density at radius 2 is 1.47 bits per heavy atom. The van der Waals surface area contributed by atoms with E-state index in [1.54, 1.807) is 0 Å². The first-order chi connectivity index (χ1) is 9.31. The number of hydrogen-bond donors (Lipinski definition) is 0. The van der Waals surface area contributed by atoms with E-state index in [4.69, 9.17) is 21.1 Å². The minimum absolute atomic E-state index is 0.554. The van der Waals surface area contributed by atoms with Crippen LogP contribution in [0.15, 0.2) is 24.3 Å². The smallest absolute Gasteiger partial charge is 0.0641 e. The van der Waals surface area contributed by atoms with E-state index in [-0.39, 0.29) is 0 Å². The molecule has 0 aliphatic rings. The molecule has 108 valence electrons. The van der Waals surface area contributed by atoms with Gasteiger partial charge in [-0.25, -0.2) is 0 Å². The average molecular weight is 286 g/mol. The molecule has 4 heteroatoms. The zero-order chi connectivity index (χ0) is 13.9. The summed E-state index contributed by atoms with van der Waals surface area (Å²) in [6, 6.07) is 8.35. The molecular formula is C15H24ClNO2. The van der Waals surface area contributed by atoms with Crippen molar-refractivity contribution in [3.8, 4) is 0 Å². The number of halogens is 1. The van der Waals surface area contributed by atoms with E-state index >= 15 is 0 Å². The molecule has 0 aromatic heterocycles. The Morgan fingerprint density at radius 3 is 1.89 bits per heavy atom. The van der Waals surface area contributed by atoms with Crippen molar-refractivity contribution in [1.29, 1.82) is 0 Å². The molecule has 1 aromatic carbocycles. The number of nitrogens with zero attached hydrogens (tertiary/aromatic N) is 1. The van der Waals surface area contributed by atoms with E-state index < -0.39 is 0 Å². The number of benzene rings is 1. The quantitative estimate of drug-likeness (QED) is 0.486. The normalized spacial score (nSPS) is 10.7. The largest absolute Gasteiger partial charge is 0.380 e. The second-order valence-corrected chi connectivity index (χ2v) is 4.45. The molecule has 0 bridgehead atoms. The highest BCUT2D eigenvalue weighted by atomic mass is 35.5. The van der Waals surface area contributed by atoms with Crippen LogP contribution in [0.2, 0.25) is 0 Å². The SMILES string of the molecule is CCOCCN(CCOCC)c1ccc(CCl)cc1. The predicted molar refractivity (Wildman–Crippen MR) is 81.2 cm³/mol. The third-order valence-corrected chi connectivity index (χ3v) is 3.18. The van der Waals surface area contributed by atoms with Crippen molar-refractivity contribution < 1.29 is 9.47 Å². The molecule has 3 nitrogen and oxygen atoms in total. The highest BCUT2D eigenvalue weighted by molar-refractivity contribution is 6.17. The zero-order valence-corrected chi connectivity index (χ0v) is 12.7. The maximum Gasteiger partial charge on any atom is 0.0641 e. The van der Waals surface area contributed by atoms with Gasteiger partial charge in [0.25, 0.3) is 0 Å². The molecule has 0 heterocycles. The first kappa shape index (κ1) is 16.3. The molecule has 0 aliphatic heterocycles. The molecule has 1 rings (SSSR count). The molecular weight excluding hydrogens is 262 g/mol. The fourth-order valence-corrected chi connectivity index (χ4v) is 1.98. The first-order valence-corrected chi connectivity index (χ1v) is 7.40. The van der Waals surface area contributed by atoms with Crippen LogP contribution >= 0.6 is 11.6 Å². The molecule has 0 radical (unpaired) electrons. The van der Waals surface area contributed by atoms with Gasteiger partial charge in [0.15, 0.2) is 0 Å². The minimum atomic E-state index is 0.554. The highest BCUT2D eigenvalue weighted by Crippen LogP contribution is 2.16. The second kappa shape index (κ2) is 10.1. The Labute approximate surface area is 121 Å². The molecule has 0 atom stereocenters. The van der Waals surface area contributed by atoms with Crippen molar-refractivity contribution in [1.82, 2.24) is 0 Å². The molecule has 0 amide bonds. The molecule has 0 saturated carbocycles. The van der Waals surface area contributed by atoms with Crippen LogP contribution in [0.1, 0.15) is 19.4 Å². The first-order valence-electron chi connectivity index (χ1n) is 6.87. The van der Waals surface area contributed by atoms with Gasteiger partial charge in [0.2, 0.25) is 0 Å². The van der Waals surface area contributed by atoms with Gasteiger partial charge in [-0.05, 0) is 31.5 Å². The molecule has 0 spiro atoms. The van der Waals surface area contributed by atoms with E-state index in [9.17, 15) is 0 Å². The number of alkyl halides is 1. The van der Waals surface area contributed by atoms with Crippen LogP contribution in [-0.4, -0.2) is 39.5 Å². The second-order valence-electron chi connectivity index (χ2n) is 4.18. The molecule has 1 aromatic rings. The van der Waals surface area contributed by atoms with Crippen molar-refractivity contribution in [3.05, 3.63) is 29.8 Å². The zero-order valence-electron chi connectivity index (χ0n) is 11.9. The van der Waals surface area contributed by atoms with Gasteiger partial charge in [0, 0.05) is 37.9 Å². The summed E-state index contributed by atoms with van der Waals surface area (Å²) in [5.74, 6) is 0.554. The monoisotopic (exact) mass is 285 g/mol. The molecule has 19 heavy (non-hydrogen) atoms. The van der Waals surface area contributed by atoms with Crippen molar-refractivity contribution >= 4 is 17.3 Å². The standard InChI is InChI=1S/C15H24ClNO2/c1-3-18-11-9-17(10-12-19-4-2)15-7-5-14(13-16)6-8-15/h5-8H,3-4,9-13H2,1-2H3. The predicted octanol–water partition coefficient (Wildman–Crippen LogP) is 3.30. The van der Waals surface area contributed by atoms with Crippen LogP contribution in [0.3, 0.4) is 0 Å². The summed E-state index contributed by atoms with van der Waals surface area (Å²) in [5.41, 5.74) is 2.33. The summed E-state index contributed by atoms with van der Waals surface area (Å²) < 4.78 is 10.9. The van der Waals surface area contributed by atoms with Gasteiger partial charge < -0.3 is 14.4 Å².